The average Bonchev–Trinajstić information content (AvgIpc) is 2.84. The summed E-state index contributed by atoms with van der Waals surface area (Å²) in [6.45, 7) is 5.83. The Bertz CT molecular complexity index is 696. The number of methoxy groups -OCH3 is 1. The van der Waals surface area contributed by atoms with Crippen molar-refractivity contribution in [3.8, 4) is 0 Å². The van der Waals surface area contributed by atoms with Crippen LogP contribution in [0.5, 0.6) is 0 Å². The Morgan fingerprint density at radius 2 is 2.09 bits per heavy atom. The summed E-state index contributed by atoms with van der Waals surface area (Å²) >= 11 is 1.27. The Kier molecular flexibility index (Phi) is 5.73. The fourth-order valence-electron chi connectivity index (χ4n) is 2.57. The predicted octanol–water partition coefficient (Wildman–Crippen LogP) is 3.42. The van der Waals surface area contributed by atoms with E-state index in [-0.39, 0.29) is 30.9 Å². The van der Waals surface area contributed by atoms with Gasteiger partial charge in [0.1, 0.15) is 5.82 Å². The van der Waals surface area contributed by atoms with Gasteiger partial charge in [0, 0.05) is 35.3 Å². The highest BCUT2D eigenvalue weighted by Gasteiger charge is 2.26. The van der Waals surface area contributed by atoms with Crippen molar-refractivity contribution >= 4 is 27.3 Å². The van der Waals surface area contributed by atoms with Crippen LogP contribution in [-0.2, 0) is 11.3 Å². The molecule has 4 nitrogen and oxygen atoms in total. The molecule has 0 aliphatic rings. The molecule has 0 saturated heterocycles. The third-order valence-electron chi connectivity index (χ3n) is 3.59. The summed E-state index contributed by atoms with van der Waals surface area (Å²) in [6.07, 6.45) is -0.627. The molecule has 2 aromatic rings. The maximum atomic E-state index is 14.2. The van der Waals surface area contributed by atoms with Gasteiger partial charge in [-0.05, 0) is 32.9 Å². The molecular weight excluding hydrogens is 317 g/mol. The second-order valence-corrected chi connectivity index (χ2v) is 6.91. The van der Waals surface area contributed by atoms with Crippen molar-refractivity contribution in [2.75, 3.05) is 13.7 Å². The van der Waals surface area contributed by atoms with Crippen molar-refractivity contribution < 1.29 is 19.0 Å². The predicted molar refractivity (Wildman–Crippen MR) is 90.3 cm³/mol. The fourth-order valence-corrected chi connectivity index (χ4v) is 3.74. The first-order valence-corrected chi connectivity index (χ1v) is 8.36. The Balaban J connectivity index is 2.54. The summed E-state index contributed by atoms with van der Waals surface area (Å²) in [4.78, 5) is 15.0. The largest absolute Gasteiger partial charge is 0.392 e. The number of halogens is 1. The van der Waals surface area contributed by atoms with Crippen LogP contribution in [0, 0.1) is 5.82 Å². The number of aliphatic hydroxyl groups excluding tert-OH is 1. The quantitative estimate of drug-likeness (QED) is 0.877. The molecule has 6 heteroatoms. The summed E-state index contributed by atoms with van der Waals surface area (Å²) in [5.74, 6) is -0.551. The van der Waals surface area contributed by atoms with Crippen LogP contribution >= 0.6 is 11.3 Å². The first kappa shape index (κ1) is 17.8. The Morgan fingerprint density at radius 1 is 1.39 bits per heavy atom. The standard InChI is InChI=1S/C17H22FNO3S/c1-10(2)19(8-11(3)20)17(21)16-12(9-22-4)15-13(18)6-5-7-14(15)23-16/h5-7,10-11,20H,8-9H2,1-4H3. The third-order valence-corrected chi connectivity index (χ3v) is 4.78. The van der Waals surface area contributed by atoms with Crippen molar-refractivity contribution in [3.63, 3.8) is 0 Å². The van der Waals surface area contributed by atoms with Gasteiger partial charge in [-0.2, -0.15) is 0 Å². The van der Waals surface area contributed by atoms with E-state index in [9.17, 15) is 14.3 Å². The minimum atomic E-state index is -0.627. The van der Waals surface area contributed by atoms with E-state index in [2.05, 4.69) is 0 Å². The molecule has 126 valence electrons. The lowest BCUT2D eigenvalue weighted by Gasteiger charge is -2.28. The number of ether oxygens (including phenoxy) is 1. The maximum absolute atomic E-state index is 14.2. The third kappa shape index (κ3) is 3.71. The van der Waals surface area contributed by atoms with E-state index < -0.39 is 6.10 Å². The molecule has 0 spiro atoms. The van der Waals surface area contributed by atoms with Crippen molar-refractivity contribution in [2.45, 2.75) is 39.5 Å². The van der Waals surface area contributed by atoms with E-state index in [1.807, 2.05) is 13.8 Å². The van der Waals surface area contributed by atoms with Gasteiger partial charge in [0.2, 0.25) is 0 Å². The van der Waals surface area contributed by atoms with Gasteiger partial charge in [-0.15, -0.1) is 11.3 Å². The number of nitrogens with zero attached hydrogens (tertiary/aromatic N) is 1. The zero-order valence-corrected chi connectivity index (χ0v) is 14.6. The highest BCUT2D eigenvalue weighted by molar-refractivity contribution is 7.21. The number of fused-ring (bicyclic) bond motifs is 1. The number of carbonyl (C=O) groups is 1. The molecule has 23 heavy (non-hydrogen) atoms. The van der Waals surface area contributed by atoms with Gasteiger partial charge >= 0.3 is 0 Å². The lowest BCUT2D eigenvalue weighted by atomic mass is 10.1. The SMILES string of the molecule is COCc1c(C(=O)N(CC(C)O)C(C)C)sc2cccc(F)c12. The van der Waals surface area contributed by atoms with Crippen LogP contribution in [0.1, 0.15) is 36.0 Å². The monoisotopic (exact) mass is 339 g/mol. The topological polar surface area (TPSA) is 49.8 Å². The number of hydrogen-bond donors (Lipinski definition) is 1. The molecule has 1 unspecified atom stereocenters. The van der Waals surface area contributed by atoms with Crippen LogP contribution in [0.3, 0.4) is 0 Å². The molecule has 1 N–H and O–H groups in total. The Hall–Kier alpha value is -1.50. The number of hydrogen-bond acceptors (Lipinski definition) is 4. The molecule has 1 aromatic carbocycles. The first-order valence-electron chi connectivity index (χ1n) is 7.54. The van der Waals surface area contributed by atoms with Gasteiger partial charge in [-0.3, -0.25) is 4.79 Å². The normalized spacial score (nSPS) is 12.8. The Morgan fingerprint density at radius 3 is 2.65 bits per heavy atom. The number of thiophene rings is 1. The minimum absolute atomic E-state index is 0.0671. The molecule has 0 aliphatic heterocycles. The number of rotatable bonds is 6. The van der Waals surface area contributed by atoms with Crippen LogP contribution in [0.4, 0.5) is 4.39 Å². The molecule has 1 aromatic heterocycles. The number of aliphatic hydroxyl groups is 1. The van der Waals surface area contributed by atoms with Gasteiger partial charge in [0.25, 0.3) is 5.91 Å². The lowest BCUT2D eigenvalue weighted by molar-refractivity contribution is 0.0580. The van der Waals surface area contributed by atoms with Gasteiger partial charge < -0.3 is 14.7 Å². The van der Waals surface area contributed by atoms with Gasteiger partial charge in [0.05, 0.1) is 17.6 Å². The Labute approximate surface area is 139 Å². The average molecular weight is 339 g/mol. The maximum Gasteiger partial charge on any atom is 0.264 e. The van der Waals surface area contributed by atoms with Crippen molar-refractivity contribution in [1.82, 2.24) is 4.90 Å². The summed E-state index contributed by atoms with van der Waals surface area (Å²) < 4.78 is 20.1. The molecule has 0 saturated carbocycles. The molecule has 0 aliphatic carbocycles. The molecule has 0 radical (unpaired) electrons. The molecule has 0 bridgehead atoms. The molecule has 0 fully saturated rings. The van der Waals surface area contributed by atoms with Gasteiger partial charge in [-0.25, -0.2) is 4.39 Å². The highest BCUT2D eigenvalue weighted by atomic mass is 32.1. The van der Waals surface area contributed by atoms with Crippen LogP contribution in [0.25, 0.3) is 10.1 Å². The molecule has 1 atom stereocenters. The van der Waals surface area contributed by atoms with Crippen LogP contribution in [0.15, 0.2) is 18.2 Å². The van der Waals surface area contributed by atoms with Crippen molar-refractivity contribution in [1.29, 1.82) is 0 Å². The first-order chi connectivity index (χ1) is 10.9. The van der Waals surface area contributed by atoms with Crippen molar-refractivity contribution in [2.24, 2.45) is 0 Å². The van der Waals surface area contributed by atoms with Crippen molar-refractivity contribution in [3.05, 3.63) is 34.5 Å². The van der Waals surface area contributed by atoms with Crippen LogP contribution in [0.2, 0.25) is 0 Å². The van der Waals surface area contributed by atoms with Gasteiger partial charge in [0.15, 0.2) is 0 Å². The van der Waals surface area contributed by atoms with E-state index in [0.29, 0.717) is 15.8 Å². The molecule has 2 rings (SSSR count). The molecule has 1 amide bonds. The number of carbonyl (C=O) groups excluding carboxylic acids is 1. The number of benzene rings is 1. The zero-order valence-electron chi connectivity index (χ0n) is 13.8. The van der Waals surface area contributed by atoms with Crippen LogP contribution < -0.4 is 0 Å². The van der Waals surface area contributed by atoms with E-state index >= 15 is 0 Å². The zero-order chi connectivity index (χ0) is 17.1. The van der Waals surface area contributed by atoms with Gasteiger partial charge in [-0.1, -0.05) is 6.07 Å². The molecule has 1 heterocycles. The fraction of sp³-hybridized carbons (Fsp3) is 0.471. The van der Waals surface area contributed by atoms with E-state index in [1.165, 1.54) is 24.5 Å². The molecular formula is C17H22FNO3S. The van der Waals surface area contributed by atoms with Crippen LogP contribution in [-0.4, -0.2) is 41.7 Å². The summed E-state index contributed by atoms with van der Waals surface area (Å²) in [7, 11) is 1.52. The summed E-state index contributed by atoms with van der Waals surface area (Å²) in [5, 5.41) is 10.1. The second kappa shape index (κ2) is 7.38. The highest BCUT2D eigenvalue weighted by Crippen LogP contribution is 2.34. The summed E-state index contributed by atoms with van der Waals surface area (Å²) in [6, 6.07) is 4.75. The number of amides is 1. The van der Waals surface area contributed by atoms with E-state index in [1.54, 1.807) is 24.0 Å². The minimum Gasteiger partial charge on any atom is -0.392 e. The van der Waals surface area contributed by atoms with E-state index in [0.717, 1.165) is 4.70 Å². The van der Waals surface area contributed by atoms with E-state index in [4.69, 9.17) is 4.74 Å². The lowest BCUT2D eigenvalue weighted by Crippen LogP contribution is -2.41. The second-order valence-electron chi connectivity index (χ2n) is 5.86. The smallest absolute Gasteiger partial charge is 0.264 e. The summed E-state index contributed by atoms with van der Waals surface area (Å²) in [5.41, 5.74) is 0.576.